The Morgan fingerprint density at radius 3 is 2.67 bits per heavy atom. The summed E-state index contributed by atoms with van der Waals surface area (Å²) in [5.74, 6) is 0.0603. The lowest BCUT2D eigenvalue weighted by molar-refractivity contribution is -0.130. The molecule has 0 unspecified atom stereocenters. The zero-order valence-electron chi connectivity index (χ0n) is 8.00. The van der Waals surface area contributed by atoms with Crippen molar-refractivity contribution in [1.82, 2.24) is 10.2 Å². The molecule has 0 aromatic carbocycles. The highest BCUT2D eigenvalue weighted by molar-refractivity contribution is 5.75. The smallest absolute Gasteiger partial charge is 0.222 e. The maximum absolute atomic E-state index is 11.0. The van der Waals surface area contributed by atoms with E-state index in [0.29, 0.717) is 19.5 Å². The Balaban J connectivity index is 3.67. The minimum absolute atomic E-state index is 0.0603. The van der Waals surface area contributed by atoms with Crippen molar-refractivity contribution in [3.05, 3.63) is 0 Å². The van der Waals surface area contributed by atoms with Crippen LogP contribution >= 0.6 is 0 Å². The van der Waals surface area contributed by atoms with Gasteiger partial charge in [0.15, 0.2) is 0 Å². The first-order valence-corrected chi connectivity index (χ1v) is 4.18. The lowest BCUT2D eigenvalue weighted by atomic mass is 10.3. The average Bonchev–Trinajstić information content (AvgIpc) is 2.03. The number of nitrogens with one attached hydrogen (secondary N) is 1. The second-order valence-corrected chi connectivity index (χ2v) is 2.84. The normalized spacial score (nSPS) is 12.7. The third-order valence-electron chi connectivity index (χ3n) is 1.65. The summed E-state index contributed by atoms with van der Waals surface area (Å²) in [5.41, 5.74) is 0. The van der Waals surface area contributed by atoms with E-state index in [1.807, 2.05) is 6.92 Å². The Morgan fingerprint density at radius 1 is 1.67 bits per heavy atom. The number of rotatable bonds is 5. The summed E-state index contributed by atoms with van der Waals surface area (Å²) in [5, 5.41) is 12.1. The molecule has 72 valence electrons. The summed E-state index contributed by atoms with van der Waals surface area (Å²) in [4.78, 5) is 12.6. The van der Waals surface area contributed by atoms with E-state index in [-0.39, 0.29) is 5.91 Å². The fourth-order valence-corrected chi connectivity index (χ4v) is 0.988. The van der Waals surface area contributed by atoms with Crippen LogP contribution in [-0.2, 0) is 4.79 Å². The van der Waals surface area contributed by atoms with Gasteiger partial charge in [-0.15, -0.1) is 0 Å². The van der Waals surface area contributed by atoms with Crippen LogP contribution in [0.25, 0.3) is 0 Å². The van der Waals surface area contributed by atoms with E-state index in [1.165, 1.54) is 0 Å². The topological polar surface area (TPSA) is 52.6 Å². The van der Waals surface area contributed by atoms with Crippen molar-refractivity contribution in [3.63, 3.8) is 0 Å². The predicted octanol–water partition coefficient (Wildman–Crippen LogP) is -0.565. The molecule has 0 saturated carbocycles. The van der Waals surface area contributed by atoms with E-state index in [4.69, 9.17) is 0 Å². The zero-order chi connectivity index (χ0) is 9.56. The quantitative estimate of drug-likeness (QED) is 0.587. The van der Waals surface area contributed by atoms with Crippen molar-refractivity contribution >= 4 is 5.91 Å². The van der Waals surface area contributed by atoms with Crippen molar-refractivity contribution in [3.8, 4) is 0 Å². The van der Waals surface area contributed by atoms with Crippen LogP contribution in [-0.4, -0.2) is 49.2 Å². The Kier molecular flexibility index (Phi) is 5.66. The number of nitrogens with zero attached hydrogens (tertiary/aromatic N) is 1. The van der Waals surface area contributed by atoms with Gasteiger partial charge >= 0.3 is 0 Å². The highest BCUT2D eigenvalue weighted by Gasteiger charge is 2.10. The largest absolute Gasteiger partial charge is 0.390 e. The van der Waals surface area contributed by atoms with Crippen molar-refractivity contribution in [2.75, 3.05) is 27.2 Å². The lowest BCUT2D eigenvalue weighted by Gasteiger charge is -2.19. The highest BCUT2D eigenvalue weighted by atomic mass is 16.3. The van der Waals surface area contributed by atoms with Crippen LogP contribution in [0.1, 0.15) is 13.3 Å². The number of carbonyl (C=O) groups is 1. The van der Waals surface area contributed by atoms with Crippen LogP contribution in [0, 0.1) is 0 Å². The standard InChI is InChI=1S/C8H18N2O2/c1-4-8(12)10(3)6-7(11)5-9-2/h7,9,11H,4-6H2,1-3H3/t7-/m1/s1. The monoisotopic (exact) mass is 174 g/mol. The number of aliphatic hydroxyl groups is 1. The van der Waals surface area contributed by atoms with Crippen LogP contribution in [0.15, 0.2) is 0 Å². The number of hydrogen-bond acceptors (Lipinski definition) is 3. The Labute approximate surface area is 73.6 Å². The van der Waals surface area contributed by atoms with Crippen LogP contribution in [0.2, 0.25) is 0 Å². The molecule has 0 radical (unpaired) electrons. The molecule has 0 rings (SSSR count). The first-order valence-electron chi connectivity index (χ1n) is 4.18. The number of likely N-dealkylation sites (N-methyl/N-ethyl adjacent to an activating group) is 2. The van der Waals surface area contributed by atoms with E-state index in [0.717, 1.165) is 0 Å². The summed E-state index contributed by atoms with van der Waals surface area (Å²) < 4.78 is 0. The van der Waals surface area contributed by atoms with Gasteiger partial charge in [-0.25, -0.2) is 0 Å². The molecule has 0 aliphatic rings. The maximum atomic E-state index is 11.0. The van der Waals surface area contributed by atoms with Gasteiger partial charge in [0.05, 0.1) is 6.10 Å². The van der Waals surface area contributed by atoms with Gasteiger partial charge in [0.1, 0.15) is 0 Å². The van der Waals surface area contributed by atoms with Crippen molar-refractivity contribution in [2.45, 2.75) is 19.4 Å². The molecule has 0 saturated heterocycles. The first-order chi connectivity index (χ1) is 5.61. The fourth-order valence-electron chi connectivity index (χ4n) is 0.988. The molecular weight excluding hydrogens is 156 g/mol. The molecule has 12 heavy (non-hydrogen) atoms. The summed E-state index contributed by atoms with van der Waals surface area (Å²) in [6.45, 7) is 2.72. The van der Waals surface area contributed by atoms with Crippen LogP contribution in [0.3, 0.4) is 0 Å². The SMILES string of the molecule is CCC(=O)N(C)C[C@H](O)CNC. The molecule has 1 amide bonds. The van der Waals surface area contributed by atoms with Crippen molar-refractivity contribution in [1.29, 1.82) is 0 Å². The molecule has 0 aromatic rings. The molecule has 0 heterocycles. The van der Waals surface area contributed by atoms with E-state index >= 15 is 0 Å². The van der Waals surface area contributed by atoms with E-state index in [1.54, 1.807) is 19.0 Å². The minimum Gasteiger partial charge on any atom is -0.390 e. The van der Waals surface area contributed by atoms with E-state index in [2.05, 4.69) is 5.32 Å². The van der Waals surface area contributed by atoms with Gasteiger partial charge in [-0.05, 0) is 7.05 Å². The third-order valence-corrected chi connectivity index (χ3v) is 1.65. The molecule has 0 bridgehead atoms. The molecule has 4 nitrogen and oxygen atoms in total. The van der Waals surface area contributed by atoms with Gasteiger partial charge < -0.3 is 15.3 Å². The van der Waals surface area contributed by atoms with Crippen LogP contribution in [0.4, 0.5) is 0 Å². The molecular formula is C8H18N2O2. The Bertz CT molecular complexity index is 139. The fraction of sp³-hybridized carbons (Fsp3) is 0.875. The summed E-state index contributed by atoms with van der Waals surface area (Å²) in [7, 11) is 3.47. The summed E-state index contributed by atoms with van der Waals surface area (Å²) in [6.07, 6.45) is 0.0125. The Morgan fingerprint density at radius 2 is 2.25 bits per heavy atom. The van der Waals surface area contributed by atoms with Crippen molar-refractivity contribution in [2.24, 2.45) is 0 Å². The number of carbonyl (C=O) groups excluding carboxylic acids is 1. The van der Waals surface area contributed by atoms with Gasteiger partial charge in [0.25, 0.3) is 0 Å². The van der Waals surface area contributed by atoms with Gasteiger partial charge in [0.2, 0.25) is 5.91 Å². The average molecular weight is 174 g/mol. The molecule has 2 N–H and O–H groups in total. The molecule has 0 spiro atoms. The van der Waals surface area contributed by atoms with Gasteiger partial charge in [-0.2, -0.15) is 0 Å². The molecule has 0 aliphatic heterocycles. The van der Waals surface area contributed by atoms with Crippen LogP contribution < -0.4 is 5.32 Å². The summed E-state index contributed by atoms with van der Waals surface area (Å²) in [6, 6.07) is 0. The summed E-state index contributed by atoms with van der Waals surface area (Å²) >= 11 is 0. The molecule has 0 fully saturated rings. The van der Waals surface area contributed by atoms with E-state index in [9.17, 15) is 9.90 Å². The number of aliphatic hydroxyl groups excluding tert-OH is 1. The molecule has 0 aromatic heterocycles. The van der Waals surface area contributed by atoms with Crippen LogP contribution in [0.5, 0.6) is 0 Å². The third kappa shape index (κ3) is 4.31. The molecule has 1 atom stereocenters. The highest BCUT2D eigenvalue weighted by Crippen LogP contribution is 1.92. The van der Waals surface area contributed by atoms with E-state index < -0.39 is 6.10 Å². The second kappa shape index (κ2) is 5.97. The molecule has 0 aliphatic carbocycles. The molecule has 4 heteroatoms. The van der Waals surface area contributed by atoms with Crippen molar-refractivity contribution < 1.29 is 9.90 Å². The van der Waals surface area contributed by atoms with Gasteiger partial charge in [-0.1, -0.05) is 6.92 Å². The maximum Gasteiger partial charge on any atom is 0.222 e. The first kappa shape index (κ1) is 11.4. The zero-order valence-corrected chi connectivity index (χ0v) is 8.00. The predicted molar refractivity (Wildman–Crippen MR) is 47.9 cm³/mol. The van der Waals surface area contributed by atoms with Gasteiger partial charge in [-0.3, -0.25) is 4.79 Å². The number of hydrogen-bond donors (Lipinski definition) is 2. The Hall–Kier alpha value is -0.610. The number of amides is 1. The minimum atomic E-state index is -0.476. The second-order valence-electron chi connectivity index (χ2n) is 2.84. The lowest BCUT2D eigenvalue weighted by Crippen LogP contribution is -2.38. The van der Waals surface area contributed by atoms with Gasteiger partial charge in [0, 0.05) is 26.6 Å².